The second kappa shape index (κ2) is 7.90. The number of carbonyl (C=O) groups is 1. The van der Waals surface area contributed by atoms with Crippen LogP contribution in [0, 0.1) is 0 Å². The van der Waals surface area contributed by atoms with Crippen LogP contribution in [0.5, 0.6) is 11.7 Å². The van der Waals surface area contributed by atoms with Gasteiger partial charge >= 0.3 is 0 Å². The van der Waals surface area contributed by atoms with Gasteiger partial charge in [0.05, 0.1) is 10.9 Å². The molecule has 3 rings (SSSR count). The van der Waals surface area contributed by atoms with Crippen molar-refractivity contribution in [2.45, 2.75) is 65.4 Å². The van der Waals surface area contributed by atoms with Crippen LogP contribution >= 0.6 is 0 Å². The Morgan fingerprint density at radius 2 is 2.00 bits per heavy atom. The lowest BCUT2D eigenvalue weighted by molar-refractivity contribution is -0.114. The summed E-state index contributed by atoms with van der Waals surface area (Å²) < 4.78 is 11.9. The van der Waals surface area contributed by atoms with Crippen molar-refractivity contribution >= 4 is 16.8 Å². The summed E-state index contributed by atoms with van der Waals surface area (Å²) in [6.07, 6.45) is 5.56. The molecule has 29 heavy (non-hydrogen) atoms. The van der Waals surface area contributed by atoms with Gasteiger partial charge in [0.25, 0.3) is 5.95 Å². The lowest BCUT2D eigenvalue weighted by Gasteiger charge is -2.27. The quantitative estimate of drug-likeness (QED) is 0.522. The number of benzene rings is 1. The molecule has 0 amide bonds. The molecule has 154 valence electrons. The van der Waals surface area contributed by atoms with E-state index in [2.05, 4.69) is 6.08 Å². The van der Waals surface area contributed by atoms with Crippen LogP contribution in [0.4, 0.5) is 0 Å². The first-order chi connectivity index (χ1) is 13.6. The molecule has 2 aromatic rings. The van der Waals surface area contributed by atoms with Crippen molar-refractivity contribution in [3.05, 3.63) is 57.3 Å². The van der Waals surface area contributed by atoms with E-state index in [0.717, 1.165) is 17.6 Å². The number of hydrogen-bond donors (Lipinski definition) is 1. The minimum atomic E-state index is -0.578. The molecule has 5 heteroatoms. The predicted molar refractivity (Wildman–Crippen MR) is 114 cm³/mol. The maximum Gasteiger partial charge on any atom is 0.293 e. The third kappa shape index (κ3) is 4.29. The lowest BCUT2D eigenvalue weighted by atomic mass is 9.83. The van der Waals surface area contributed by atoms with Gasteiger partial charge in [0.1, 0.15) is 16.9 Å². The standard InChI is InChI=1S/C24H28O5/c1-14(2)11-18(26)12-15(3)7-6-10-24(5)16(4)21-22(27)19-9-8-17(25)13-20(19)28-23(21)29-24/h7-9,11,13,16,25H,6,10,12H2,1-5H3/b15-7+. The van der Waals surface area contributed by atoms with Gasteiger partial charge in [-0.05, 0) is 58.7 Å². The second-order valence-corrected chi connectivity index (χ2v) is 8.40. The Morgan fingerprint density at radius 1 is 1.28 bits per heavy atom. The zero-order valence-electron chi connectivity index (χ0n) is 17.7. The van der Waals surface area contributed by atoms with Gasteiger partial charge in [-0.3, -0.25) is 9.59 Å². The molecule has 0 saturated carbocycles. The third-order valence-corrected chi connectivity index (χ3v) is 5.59. The first-order valence-corrected chi connectivity index (χ1v) is 9.93. The van der Waals surface area contributed by atoms with Gasteiger partial charge in [-0.15, -0.1) is 0 Å². The normalized spacial score (nSPS) is 21.0. The van der Waals surface area contributed by atoms with Crippen LogP contribution in [0.2, 0.25) is 0 Å². The van der Waals surface area contributed by atoms with Crippen LogP contribution < -0.4 is 10.2 Å². The number of phenols is 1. The molecule has 2 atom stereocenters. The molecule has 0 aliphatic carbocycles. The number of fused-ring (bicyclic) bond motifs is 2. The number of aromatic hydroxyl groups is 1. The Morgan fingerprint density at radius 3 is 2.69 bits per heavy atom. The van der Waals surface area contributed by atoms with Gasteiger partial charge in [0, 0.05) is 18.4 Å². The van der Waals surface area contributed by atoms with Crippen LogP contribution in [0.3, 0.4) is 0 Å². The largest absolute Gasteiger partial charge is 0.508 e. The van der Waals surface area contributed by atoms with Gasteiger partial charge < -0.3 is 14.3 Å². The van der Waals surface area contributed by atoms with Crippen molar-refractivity contribution < 1.29 is 19.1 Å². The number of hydrogen-bond acceptors (Lipinski definition) is 5. The summed E-state index contributed by atoms with van der Waals surface area (Å²) in [5, 5.41) is 10.1. The van der Waals surface area contributed by atoms with E-state index in [9.17, 15) is 14.7 Å². The lowest BCUT2D eigenvalue weighted by Crippen LogP contribution is -2.33. The Hall–Kier alpha value is -2.82. The fraction of sp³-hybridized carbons (Fsp3) is 0.417. The molecule has 1 N–H and O–H groups in total. The van der Waals surface area contributed by atoms with E-state index in [1.807, 2.05) is 34.6 Å². The third-order valence-electron chi connectivity index (χ3n) is 5.59. The molecule has 5 nitrogen and oxygen atoms in total. The van der Waals surface area contributed by atoms with E-state index in [1.54, 1.807) is 12.1 Å². The molecule has 2 heterocycles. The smallest absolute Gasteiger partial charge is 0.293 e. The first-order valence-electron chi connectivity index (χ1n) is 9.93. The summed E-state index contributed by atoms with van der Waals surface area (Å²) in [5.41, 5.74) is 2.19. The summed E-state index contributed by atoms with van der Waals surface area (Å²) in [7, 11) is 0. The molecule has 2 unspecified atom stereocenters. The van der Waals surface area contributed by atoms with Crippen LogP contribution in [0.15, 0.2) is 50.7 Å². The Balaban J connectivity index is 1.77. The van der Waals surface area contributed by atoms with Crippen molar-refractivity contribution in [2.24, 2.45) is 0 Å². The summed E-state index contributed by atoms with van der Waals surface area (Å²) >= 11 is 0. The minimum absolute atomic E-state index is 0.0395. The van der Waals surface area contributed by atoms with Crippen LogP contribution in [0.25, 0.3) is 11.0 Å². The number of rotatable bonds is 6. The Labute approximate surface area is 170 Å². The average Bonchev–Trinajstić information content (AvgIpc) is 2.84. The molecule has 1 aromatic carbocycles. The van der Waals surface area contributed by atoms with Gasteiger partial charge in [0.15, 0.2) is 11.2 Å². The number of ether oxygens (including phenoxy) is 1. The highest BCUT2D eigenvalue weighted by atomic mass is 16.6. The van der Waals surface area contributed by atoms with Crippen molar-refractivity contribution in [1.29, 1.82) is 0 Å². The maximum absolute atomic E-state index is 12.9. The minimum Gasteiger partial charge on any atom is -0.508 e. The van der Waals surface area contributed by atoms with Gasteiger partial charge in [-0.1, -0.05) is 24.1 Å². The van der Waals surface area contributed by atoms with E-state index in [-0.39, 0.29) is 28.8 Å². The molecule has 0 fully saturated rings. The van der Waals surface area contributed by atoms with Gasteiger partial charge in [0.2, 0.25) is 0 Å². The second-order valence-electron chi connectivity index (χ2n) is 8.40. The number of carbonyl (C=O) groups excluding carboxylic acids is 1. The van der Waals surface area contributed by atoms with Crippen LogP contribution in [-0.2, 0) is 4.79 Å². The average molecular weight is 396 g/mol. The molecule has 1 aromatic heterocycles. The van der Waals surface area contributed by atoms with Crippen LogP contribution in [-0.4, -0.2) is 16.5 Å². The number of ketones is 1. The van der Waals surface area contributed by atoms with Crippen molar-refractivity contribution in [1.82, 2.24) is 0 Å². The van der Waals surface area contributed by atoms with Gasteiger partial charge in [-0.2, -0.15) is 0 Å². The molecular weight excluding hydrogens is 368 g/mol. The fourth-order valence-corrected chi connectivity index (χ4v) is 3.82. The zero-order chi connectivity index (χ0) is 21.3. The highest BCUT2D eigenvalue weighted by Crippen LogP contribution is 2.46. The highest BCUT2D eigenvalue weighted by molar-refractivity contribution is 5.91. The van der Waals surface area contributed by atoms with Crippen molar-refractivity contribution in [2.75, 3.05) is 0 Å². The van der Waals surface area contributed by atoms with Crippen molar-refractivity contribution in [3.8, 4) is 11.7 Å². The molecule has 0 spiro atoms. The molecule has 1 aliphatic heterocycles. The topological polar surface area (TPSA) is 76.7 Å². The van der Waals surface area contributed by atoms with E-state index >= 15 is 0 Å². The zero-order valence-corrected chi connectivity index (χ0v) is 17.7. The van der Waals surface area contributed by atoms with E-state index < -0.39 is 5.60 Å². The SMILES string of the molecule is CC(C)=CC(=O)C/C(C)=C/CCC1(C)Oc2oc3cc(O)ccc3c(=O)c2C1C. The molecule has 0 saturated heterocycles. The summed E-state index contributed by atoms with van der Waals surface area (Å²) in [5.74, 6) is 0.251. The molecule has 1 aliphatic rings. The summed E-state index contributed by atoms with van der Waals surface area (Å²) in [6, 6.07) is 4.49. The Kier molecular flexibility index (Phi) is 5.69. The van der Waals surface area contributed by atoms with Gasteiger partial charge in [-0.25, -0.2) is 0 Å². The number of allylic oxidation sites excluding steroid dienone is 4. The number of phenolic OH excluding ortho intramolecular Hbond substituents is 1. The van der Waals surface area contributed by atoms with Crippen molar-refractivity contribution in [3.63, 3.8) is 0 Å². The fourth-order valence-electron chi connectivity index (χ4n) is 3.82. The maximum atomic E-state index is 12.9. The van der Waals surface area contributed by atoms with Crippen LogP contribution in [0.1, 0.15) is 65.4 Å². The summed E-state index contributed by atoms with van der Waals surface area (Å²) in [4.78, 5) is 24.9. The first kappa shape index (κ1) is 20.9. The molecule has 0 radical (unpaired) electrons. The molecular formula is C24H28O5. The predicted octanol–water partition coefficient (Wildman–Crippen LogP) is 5.41. The van der Waals surface area contributed by atoms with E-state index in [1.165, 1.54) is 12.1 Å². The van der Waals surface area contributed by atoms with E-state index in [0.29, 0.717) is 29.4 Å². The Bertz CT molecular complexity index is 1070. The highest BCUT2D eigenvalue weighted by Gasteiger charge is 2.45. The monoisotopic (exact) mass is 396 g/mol. The summed E-state index contributed by atoms with van der Waals surface area (Å²) in [6.45, 7) is 9.73. The molecule has 0 bridgehead atoms. The van der Waals surface area contributed by atoms with E-state index in [4.69, 9.17) is 9.15 Å².